The number of nitrogens with one attached hydrogen (secondary N) is 1. The second-order valence-electron chi connectivity index (χ2n) is 4.17. The second-order valence-corrected chi connectivity index (χ2v) is 5.71. The van der Waals surface area contributed by atoms with E-state index in [1.165, 1.54) is 24.3 Å². The Bertz CT molecular complexity index is 852. The summed E-state index contributed by atoms with van der Waals surface area (Å²) in [4.78, 5) is 19.7. The number of benzene rings is 2. The Morgan fingerprint density at radius 1 is 0.957 bits per heavy atom. The molecule has 0 bridgehead atoms. The molecule has 0 aromatic heterocycles. The van der Waals surface area contributed by atoms with E-state index < -0.39 is 31.3 Å². The number of hydrogen-bond acceptors (Lipinski definition) is 8. The van der Waals surface area contributed by atoms with Gasteiger partial charge in [0.05, 0.1) is 20.8 Å². The molecule has 0 amide bonds. The number of nitro benzene ring substituents is 2. The lowest BCUT2D eigenvalue weighted by Gasteiger charge is -2.07. The molecule has 0 aliphatic rings. The van der Waals surface area contributed by atoms with Gasteiger partial charge in [0.15, 0.2) is 0 Å². The number of rotatable bonds is 6. The van der Waals surface area contributed by atoms with Crippen molar-refractivity contribution >= 4 is 27.2 Å². The molecule has 2 rings (SSSR count). The quantitative estimate of drug-likeness (QED) is 0.623. The van der Waals surface area contributed by atoms with Crippen LogP contribution < -0.4 is 5.48 Å². The van der Waals surface area contributed by atoms with Crippen LogP contribution in [0.15, 0.2) is 53.4 Å². The molecule has 23 heavy (non-hydrogen) atoms. The van der Waals surface area contributed by atoms with Crippen LogP contribution in [0.1, 0.15) is 0 Å². The molecule has 0 aliphatic heterocycles. The Kier molecular flexibility index (Phi) is 4.52. The summed E-state index contributed by atoms with van der Waals surface area (Å²) in [5, 5.41) is 21.6. The minimum atomic E-state index is -4.19. The van der Waals surface area contributed by atoms with Crippen LogP contribution in [-0.4, -0.2) is 18.3 Å². The van der Waals surface area contributed by atoms with E-state index in [9.17, 15) is 28.6 Å². The van der Waals surface area contributed by atoms with Crippen molar-refractivity contribution < 1.29 is 22.5 Å². The fraction of sp³-hybridized carbons (Fsp3) is 0. The van der Waals surface area contributed by atoms with Crippen LogP contribution in [-0.2, 0) is 14.4 Å². The number of nitrogens with zero attached hydrogens (tertiary/aromatic N) is 2. The average molecular weight is 339 g/mol. The largest absolute Gasteiger partial charge is 0.317 e. The van der Waals surface area contributed by atoms with Crippen LogP contribution in [0, 0.1) is 20.2 Å². The average Bonchev–Trinajstić information content (AvgIpc) is 2.53. The minimum Gasteiger partial charge on any atom is -0.258 e. The molecule has 2 aromatic carbocycles. The highest BCUT2D eigenvalue weighted by atomic mass is 32.2. The summed E-state index contributed by atoms with van der Waals surface area (Å²) in [6.07, 6.45) is 0. The van der Waals surface area contributed by atoms with E-state index in [2.05, 4.69) is 4.28 Å². The highest BCUT2D eigenvalue weighted by Crippen LogP contribution is 2.29. The SMILES string of the molecule is O=[N+]([O-])c1ccc(NOS(=O)(=O)c2ccccc2)c([N+](=O)[O-])c1. The Balaban J connectivity index is 2.27. The van der Waals surface area contributed by atoms with Gasteiger partial charge in [-0.1, -0.05) is 18.2 Å². The van der Waals surface area contributed by atoms with Gasteiger partial charge in [-0.15, -0.1) is 4.28 Å². The fourth-order valence-electron chi connectivity index (χ4n) is 1.61. The Morgan fingerprint density at radius 3 is 2.17 bits per heavy atom. The van der Waals surface area contributed by atoms with Gasteiger partial charge >= 0.3 is 15.8 Å². The zero-order valence-corrected chi connectivity index (χ0v) is 12.1. The molecular weight excluding hydrogens is 330 g/mol. The highest BCUT2D eigenvalue weighted by molar-refractivity contribution is 7.86. The smallest absolute Gasteiger partial charge is 0.258 e. The number of hydrogen-bond donors (Lipinski definition) is 1. The lowest BCUT2D eigenvalue weighted by atomic mass is 10.2. The van der Waals surface area contributed by atoms with Crippen LogP contribution >= 0.6 is 0 Å². The van der Waals surface area contributed by atoms with Gasteiger partial charge in [-0.2, -0.15) is 8.42 Å². The maximum absolute atomic E-state index is 11.9. The van der Waals surface area contributed by atoms with Crippen molar-refractivity contribution in [3.63, 3.8) is 0 Å². The molecule has 0 saturated heterocycles. The molecule has 0 fully saturated rings. The maximum atomic E-state index is 11.9. The molecule has 0 aliphatic carbocycles. The predicted octanol–water partition coefficient (Wildman–Crippen LogP) is 2.24. The lowest BCUT2D eigenvalue weighted by molar-refractivity contribution is -0.393. The third-order valence-corrected chi connectivity index (χ3v) is 3.83. The van der Waals surface area contributed by atoms with Gasteiger partial charge in [0, 0.05) is 6.07 Å². The van der Waals surface area contributed by atoms with E-state index in [0.29, 0.717) is 6.07 Å². The van der Waals surface area contributed by atoms with Crippen LogP contribution in [0.3, 0.4) is 0 Å². The van der Waals surface area contributed by atoms with Crippen molar-refractivity contribution in [1.29, 1.82) is 0 Å². The first-order chi connectivity index (χ1) is 10.8. The molecule has 0 heterocycles. The van der Waals surface area contributed by atoms with Crippen molar-refractivity contribution in [1.82, 2.24) is 0 Å². The monoisotopic (exact) mass is 339 g/mol. The van der Waals surface area contributed by atoms with E-state index in [0.717, 1.165) is 12.1 Å². The molecule has 0 atom stereocenters. The van der Waals surface area contributed by atoms with Gasteiger partial charge in [0.1, 0.15) is 5.69 Å². The number of nitro groups is 2. The summed E-state index contributed by atoms with van der Waals surface area (Å²) in [5.41, 5.74) is 0.416. The van der Waals surface area contributed by atoms with Crippen LogP contribution in [0.4, 0.5) is 17.1 Å². The summed E-state index contributed by atoms with van der Waals surface area (Å²) in [5.74, 6) is 0. The van der Waals surface area contributed by atoms with Gasteiger partial charge in [0.2, 0.25) is 0 Å². The van der Waals surface area contributed by atoms with Gasteiger partial charge in [-0.25, -0.2) is 5.48 Å². The van der Waals surface area contributed by atoms with Crippen molar-refractivity contribution in [3.05, 3.63) is 68.8 Å². The molecular formula is C12H9N3O7S. The van der Waals surface area contributed by atoms with Gasteiger partial charge < -0.3 is 0 Å². The summed E-state index contributed by atoms with van der Waals surface area (Å²) in [6, 6.07) is 9.77. The fourth-order valence-corrected chi connectivity index (χ4v) is 2.39. The minimum absolute atomic E-state index is 0.155. The molecule has 10 nitrogen and oxygen atoms in total. The van der Waals surface area contributed by atoms with Crippen molar-refractivity contribution in [2.24, 2.45) is 0 Å². The maximum Gasteiger partial charge on any atom is 0.317 e. The molecule has 11 heteroatoms. The Labute approximate surface area is 129 Å². The molecule has 0 unspecified atom stereocenters. The van der Waals surface area contributed by atoms with E-state index >= 15 is 0 Å². The van der Waals surface area contributed by atoms with E-state index in [-0.39, 0.29) is 10.6 Å². The van der Waals surface area contributed by atoms with Crippen molar-refractivity contribution in [3.8, 4) is 0 Å². The van der Waals surface area contributed by atoms with E-state index in [1.54, 1.807) is 6.07 Å². The second kappa shape index (κ2) is 6.37. The molecule has 0 saturated carbocycles. The van der Waals surface area contributed by atoms with Crippen LogP contribution in [0.5, 0.6) is 0 Å². The lowest BCUT2D eigenvalue weighted by Crippen LogP contribution is -2.12. The molecule has 0 spiro atoms. The predicted molar refractivity (Wildman–Crippen MR) is 78.1 cm³/mol. The third-order valence-electron chi connectivity index (χ3n) is 2.68. The highest BCUT2D eigenvalue weighted by Gasteiger charge is 2.22. The van der Waals surface area contributed by atoms with Gasteiger partial charge in [-0.05, 0) is 18.2 Å². The topological polar surface area (TPSA) is 142 Å². The summed E-state index contributed by atoms with van der Waals surface area (Å²) in [6.45, 7) is 0. The van der Waals surface area contributed by atoms with Crippen molar-refractivity contribution in [2.75, 3.05) is 5.48 Å². The van der Waals surface area contributed by atoms with Crippen LogP contribution in [0.25, 0.3) is 0 Å². The van der Waals surface area contributed by atoms with E-state index in [1.807, 2.05) is 5.48 Å². The summed E-state index contributed by atoms with van der Waals surface area (Å²) < 4.78 is 28.3. The summed E-state index contributed by atoms with van der Waals surface area (Å²) >= 11 is 0. The zero-order valence-electron chi connectivity index (χ0n) is 11.3. The Morgan fingerprint density at radius 2 is 1.61 bits per heavy atom. The zero-order chi connectivity index (χ0) is 17.0. The number of anilines is 1. The standard InChI is InChI=1S/C12H9N3O7S/c16-14(17)9-6-7-11(12(8-9)15(18)19)13-22-23(20,21)10-4-2-1-3-5-10/h1-8,13H. The molecule has 1 N–H and O–H groups in total. The molecule has 0 radical (unpaired) electrons. The van der Waals surface area contributed by atoms with Gasteiger partial charge in [0.25, 0.3) is 5.69 Å². The van der Waals surface area contributed by atoms with E-state index in [4.69, 9.17) is 0 Å². The molecule has 120 valence electrons. The van der Waals surface area contributed by atoms with Gasteiger partial charge in [-0.3, -0.25) is 20.2 Å². The normalized spacial score (nSPS) is 11.0. The molecule has 2 aromatic rings. The van der Waals surface area contributed by atoms with Crippen LogP contribution in [0.2, 0.25) is 0 Å². The first-order valence-corrected chi connectivity index (χ1v) is 7.39. The summed E-state index contributed by atoms with van der Waals surface area (Å²) in [7, 11) is -4.19. The first-order valence-electron chi connectivity index (χ1n) is 5.98. The Hall–Kier alpha value is -3.05. The third kappa shape index (κ3) is 3.78. The first kappa shape index (κ1) is 16.3. The number of non-ortho nitro benzene ring substituents is 1. The van der Waals surface area contributed by atoms with Crippen molar-refractivity contribution in [2.45, 2.75) is 4.90 Å².